The molecule has 0 aromatic heterocycles. The molecule has 0 bridgehead atoms. The minimum Gasteiger partial charge on any atom is -0.493 e. The second-order valence-corrected chi connectivity index (χ2v) is 6.59. The molecular formula is C21H26N2O4. The number of carbonyl (C=O) groups is 1. The van der Waals surface area contributed by atoms with Crippen LogP contribution >= 0.6 is 0 Å². The number of urea groups is 1. The van der Waals surface area contributed by atoms with Crippen LogP contribution in [0, 0.1) is 5.92 Å². The highest BCUT2D eigenvalue weighted by Crippen LogP contribution is 2.41. The molecule has 1 unspecified atom stereocenters. The molecule has 1 aliphatic rings. The molecular weight excluding hydrogens is 344 g/mol. The summed E-state index contributed by atoms with van der Waals surface area (Å²) in [7, 11) is 4.70. The summed E-state index contributed by atoms with van der Waals surface area (Å²) in [5.74, 6) is 2.17. The zero-order valence-corrected chi connectivity index (χ0v) is 16.0. The Labute approximate surface area is 159 Å². The monoisotopic (exact) mass is 370 g/mol. The van der Waals surface area contributed by atoms with Crippen molar-refractivity contribution in [2.45, 2.75) is 25.4 Å². The second kappa shape index (κ2) is 8.66. The first kappa shape index (κ1) is 18.9. The fourth-order valence-electron chi connectivity index (χ4n) is 3.18. The fraction of sp³-hybridized carbons (Fsp3) is 0.381. The van der Waals surface area contributed by atoms with E-state index in [0.717, 1.165) is 24.0 Å². The Morgan fingerprint density at radius 1 is 1.04 bits per heavy atom. The highest BCUT2D eigenvalue weighted by Gasteiger charge is 2.33. The van der Waals surface area contributed by atoms with E-state index in [1.807, 2.05) is 30.3 Å². The van der Waals surface area contributed by atoms with Gasteiger partial charge in [0.25, 0.3) is 0 Å². The predicted molar refractivity (Wildman–Crippen MR) is 103 cm³/mol. The lowest BCUT2D eigenvalue weighted by Crippen LogP contribution is -2.38. The van der Waals surface area contributed by atoms with Gasteiger partial charge in [0.1, 0.15) is 0 Å². The maximum Gasteiger partial charge on any atom is 0.315 e. The van der Waals surface area contributed by atoms with Crippen molar-refractivity contribution >= 4 is 6.03 Å². The summed E-state index contributed by atoms with van der Waals surface area (Å²) in [6, 6.07) is 13.6. The third kappa shape index (κ3) is 4.64. The second-order valence-electron chi connectivity index (χ2n) is 6.59. The molecule has 6 heteroatoms. The minimum atomic E-state index is -0.190. The topological polar surface area (TPSA) is 68.8 Å². The van der Waals surface area contributed by atoms with Crippen molar-refractivity contribution in [2.75, 3.05) is 21.3 Å². The van der Waals surface area contributed by atoms with Crippen molar-refractivity contribution in [3.8, 4) is 17.2 Å². The van der Waals surface area contributed by atoms with E-state index < -0.39 is 0 Å². The molecule has 6 nitrogen and oxygen atoms in total. The van der Waals surface area contributed by atoms with E-state index in [2.05, 4.69) is 22.8 Å². The average molecular weight is 370 g/mol. The van der Waals surface area contributed by atoms with Crippen LogP contribution < -0.4 is 24.8 Å². The van der Waals surface area contributed by atoms with E-state index in [4.69, 9.17) is 14.2 Å². The summed E-state index contributed by atoms with van der Waals surface area (Å²) in [5, 5.41) is 6.03. The quantitative estimate of drug-likeness (QED) is 0.744. The Morgan fingerprint density at radius 3 is 2.19 bits per heavy atom. The molecule has 1 aliphatic carbocycles. The lowest BCUT2D eigenvalue weighted by Gasteiger charge is -2.19. The maximum absolute atomic E-state index is 12.5. The summed E-state index contributed by atoms with van der Waals surface area (Å²) in [6.45, 7) is 0.356. The molecule has 27 heavy (non-hydrogen) atoms. The van der Waals surface area contributed by atoms with Crippen molar-refractivity contribution < 1.29 is 19.0 Å². The molecule has 1 fully saturated rings. The molecule has 0 spiro atoms. The molecule has 0 heterocycles. The van der Waals surface area contributed by atoms with Gasteiger partial charge >= 0.3 is 6.03 Å². The summed E-state index contributed by atoms with van der Waals surface area (Å²) >= 11 is 0. The number of hydrogen-bond donors (Lipinski definition) is 2. The van der Waals surface area contributed by atoms with Crippen LogP contribution in [0.4, 0.5) is 4.79 Å². The smallest absolute Gasteiger partial charge is 0.315 e. The Bertz CT molecular complexity index is 750. The normalized spacial score (nSPS) is 14.2. The Kier molecular flexibility index (Phi) is 6.06. The molecule has 144 valence electrons. The van der Waals surface area contributed by atoms with Gasteiger partial charge in [0.05, 0.1) is 27.4 Å². The lowest BCUT2D eigenvalue weighted by atomic mass is 10.0. The maximum atomic E-state index is 12.5. The Hall–Kier alpha value is -2.89. The standard InChI is InChI=1S/C21H26N2O4/c1-25-17-11-14(12-18(26-2)20(17)27-3)13-22-21(24)23-19(16-9-10-16)15-7-5-4-6-8-15/h4-8,11-12,16,19H,9-10,13H2,1-3H3,(H2,22,23,24). The van der Waals surface area contributed by atoms with Gasteiger partial charge in [-0.3, -0.25) is 0 Å². The van der Waals surface area contributed by atoms with Gasteiger partial charge in [0.2, 0.25) is 5.75 Å². The van der Waals surface area contributed by atoms with E-state index in [0.29, 0.717) is 29.7 Å². The molecule has 1 saturated carbocycles. The molecule has 2 aromatic carbocycles. The highest BCUT2D eigenvalue weighted by atomic mass is 16.5. The predicted octanol–water partition coefficient (Wildman–Crippen LogP) is 3.66. The lowest BCUT2D eigenvalue weighted by molar-refractivity contribution is 0.235. The van der Waals surface area contributed by atoms with Gasteiger partial charge in [-0.15, -0.1) is 0 Å². The average Bonchev–Trinajstić information content (AvgIpc) is 3.55. The van der Waals surface area contributed by atoms with Crippen LogP contribution in [0.1, 0.15) is 30.0 Å². The van der Waals surface area contributed by atoms with E-state index in [1.165, 1.54) is 0 Å². The minimum absolute atomic E-state index is 0.0474. The fourth-order valence-corrected chi connectivity index (χ4v) is 3.18. The first-order chi connectivity index (χ1) is 13.2. The molecule has 3 rings (SSSR count). The molecule has 2 aromatic rings. The SMILES string of the molecule is COc1cc(CNC(=O)NC(c2ccccc2)C2CC2)cc(OC)c1OC. The van der Waals surface area contributed by atoms with Crippen molar-refractivity contribution in [2.24, 2.45) is 5.92 Å². The number of methoxy groups -OCH3 is 3. The number of amides is 2. The van der Waals surface area contributed by atoms with E-state index in [-0.39, 0.29) is 12.1 Å². The van der Waals surface area contributed by atoms with E-state index >= 15 is 0 Å². The van der Waals surface area contributed by atoms with E-state index in [9.17, 15) is 4.79 Å². The molecule has 2 N–H and O–H groups in total. The van der Waals surface area contributed by atoms with Gasteiger partial charge in [-0.25, -0.2) is 4.79 Å². The van der Waals surface area contributed by atoms with Gasteiger partial charge in [0.15, 0.2) is 11.5 Å². The Morgan fingerprint density at radius 2 is 1.67 bits per heavy atom. The van der Waals surface area contributed by atoms with Crippen LogP contribution in [0.2, 0.25) is 0 Å². The van der Waals surface area contributed by atoms with Gasteiger partial charge in [0, 0.05) is 6.54 Å². The third-order valence-electron chi connectivity index (χ3n) is 4.72. The van der Waals surface area contributed by atoms with Crippen LogP contribution in [0.25, 0.3) is 0 Å². The molecule has 2 amide bonds. The van der Waals surface area contributed by atoms with Crippen LogP contribution in [-0.2, 0) is 6.54 Å². The third-order valence-corrected chi connectivity index (χ3v) is 4.72. The number of nitrogens with one attached hydrogen (secondary N) is 2. The summed E-state index contributed by atoms with van der Waals surface area (Å²) in [6.07, 6.45) is 2.29. The summed E-state index contributed by atoms with van der Waals surface area (Å²) in [5.41, 5.74) is 2.00. The van der Waals surface area contributed by atoms with Gasteiger partial charge in [-0.2, -0.15) is 0 Å². The van der Waals surface area contributed by atoms with Gasteiger partial charge in [-0.05, 0) is 42.0 Å². The number of ether oxygens (including phenoxy) is 3. The van der Waals surface area contributed by atoms with Crippen molar-refractivity contribution in [1.82, 2.24) is 10.6 Å². The number of rotatable bonds is 8. The molecule has 1 atom stereocenters. The number of carbonyl (C=O) groups excluding carboxylic acids is 1. The Balaban J connectivity index is 1.65. The first-order valence-corrected chi connectivity index (χ1v) is 9.04. The zero-order chi connectivity index (χ0) is 19.2. The van der Waals surface area contributed by atoms with Crippen molar-refractivity contribution in [1.29, 1.82) is 0 Å². The number of hydrogen-bond acceptors (Lipinski definition) is 4. The van der Waals surface area contributed by atoms with Crippen LogP contribution in [0.3, 0.4) is 0 Å². The molecule has 0 saturated heterocycles. The van der Waals surface area contributed by atoms with Crippen LogP contribution in [0.15, 0.2) is 42.5 Å². The van der Waals surface area contributed by atoms with Crippen LogP contribution in [0.5, 0.6) is 17.2 Å². The first-order valence-electron chi connectivity index (χ1n) is 9.04. The summed E-state index contributed by atoms with van der Waals surface area (Å²) in [4.78, 5) is 12.5. The van der Waals surface area contributed by atoms with Crippen molar-refractivity contribution in [3.05, 3.63) is 53.6 Å². The highest BCUT2D eigenvalue weighted by molar-refractivity contribution is 5.74. The van der Waals surface area contributed by atoms with Crippen LogP contribution in [-0.4, -0.2) is 27.4 Å². The zero-order valence-electron chi connectivity index (χ0n) is 16.0. The van der Waals surface area contributed by atoms with Gasteiger partial charge in [-0.1, -0.05) is 30.3 Å². The van der Waals surface area contributed by atoms with Crippen molar-refractivity contribution in [3.63, 3.8) is 0 Å². The van der Waals surface area contributed by atoms with E-state index in [1.54, 1.807) is 21.3 Å². The summed E-state index contributed by atoms with van der Waals surface area (Å²) < 4.78 is 16.0. The largest absolute Gasteiger partial charge is 0.493 e. The molecule has 0 aliphatic heterocycles. The molecule has 0 radical (unpaired) electrons. The van der Waals surface area contributed by atoms with Gasteiger partial charge < -0.3 is 24.8 Å². The number of benzene rings is 2.